The van der Waals surface area contributed by atoms with Gasteiger partial charge in [-0.1, -0.05) is 17.7 Å². The summed E-state index contributed by atoms with van der Waals surface area (Å²) in [6.07, 6.45) is 0. The molecule has 3 nitrogen and oxygen atoms in total. The van der Waals surface area contributed by atoms with E-state index in [1.807, 2.05) is 0 Å². The third kappa shape index (κ3) is 1.91. The van der Waals surface area contributed by atoms with Gasteiger partial charge >= 0.3 is 0 Å². The maximum Gasteiger partial charge on any atom is 0.164 e. The van der Waals surface area contributed by atoms with Crippen LogP contribution in [-0.4, -0.2) is 6.54 Å². The van der Waals surface area contributed by atoms with Crippen LogP contribution in [-0.2, 0) is 0 Å². The number of hydrogen-bond acceptors (Lipinski definition) is 3. The molecule has 0 saturated carbocycles. The molecule has 1 aromatic carbocycles. The number of hydrogen-bond donors (Lipinski definition) is 3. The molecule has 0 aromatic heterocycles. The molecular weight excluding hydrogens is 193 g/mol. The summed E-state index contributed by atoms with van der Waals surface area (Å²) in [5, 5.41) is -0.0436. The Labute approximate surface area is 80.6 Å². The third-order valence-corrected chi connectivity index (χ3v) is 2.18. The van der Waals surface area contributed by atoms with Gasteiger partial charge in [-0.3, -0.25) is 0 Å². The van der Waals surface area contributed by atoms with Gasteiger partial charge in [0.15, 0.2) is 5.82 Å². The number of nitrogens with two attached hydrogens (primary N) is 3. The number of rotatable bonds is 2. The van der Waals surface area contributed by atoms with Crippen molar-refractivity contribution in [2.75, 3.05) is 12.3 Å². The molecular formula is C8H11ClFN3. The average molecular weight is 204 g/mol. The third-order valence-electron chi connectivity index (χ3n) is 1.80. The summed E-state index contributed by atoms with van der Waals surface area (Å²) in [4.78, 5) is 0. The van der Waals surface area contributed by atoms with Crippen molar-refractivity contribution in [3.8, 4) is 0 Å². The standard InChI is InChI=1S/C8H11ClFN3/c9-7-4(6(13)3-11)1-2-5(12)8(7)10/h1-2,6H,3,11-13H2/t6-/m1/s1. The van der Waals surface area contributed by atoms with Gasteiger partial charge in [-0.05, 0) is 11.6 Å². The van der Waals surface area contributed by atoms with Gasteiger partial charge in [0.2, 0.25) is 0 Å². The van der Waals surface area contributed by atoms with Crippen molar-refractivity contribution in [3.05, 3.63) is 28.5 Å². The Balaban J connectivity index is 3.18. The molecule has 0 saturated heterocycles. The van der Waals surface area contributed by atoms with Crippen molar-refractivity contribution in [2.45, 2.75) is 6.04 Å². The number of benzene rings is 1. The molecule has 0 aliphatic carbocycles. The van der Waals surface area contributed by atoms with E-state index in [4.69, 9.17) is 28.8 Å². The van der Waals surface area contributed by atoms with Crippen molar-refractivity contribution in [1.29, 1.82) is 0 Å². The molecule has 0 aliphatic rings. The molecule has 0 heterocycles. The highest BCUT2D eigenvalue weighted by molar-refractivity contribution is 6.31. The summed E-state index contributed by atoms with van der Waals surface area (Å²) < 4.78 is 13.1. The molecule has 0 fully saturated rings. The molecule has 1 atom stereocenters. The fraction of sp³-hybridized carbons (Fsp3) is 0.250. The van der Waals surface area contributed by atoms with E-state index in [1.54, 1.807) is 6.07 Å². The summed E-state index contributed by atoms with van der Waals surface area (Å²) in [5.41, 5.74) is 16.7. The Kier molecular flexibility index (Phi) is 3.08. The van der Waals surface area contributed by atoms with Crippen molar-refractivity contribution < 1.29 is 4.39 Å². The summed E-state index contributed by atoms with van der Waals surface area (Å²) >= 11 is 5.68. The largest absolute Gasteiger partial charge is 0.396 e. The number of anilines is 1. The molecule has 5 heteroatoms. The van der Waals surface area contributed by atoms with Crippen LogP contribution < -0.4 is 17.2 Å². The van der Waals surface area contributed by atoms with Crippen LogP contribution in [0.1, 0.15) is 11.6 Å². The van der Waals surface area contributed by atoms with Gasteiger partial charge < -0.3 is 17.2 Å². The number of nitrogen functional groups attached to an aromatic ring is 1. The molecule has 0 amide bonds. The fourth-order valence-corrected chi connectivity index (χ4v) is 1.30. The van der Waals surface area contributed by atoms with E-state index >= 15 is 0 Å². The van der Waals surface area contributed by atoms with Crippen molar-refractivity contribution in [3.63, 3.8) is 0 Å². The maximum absolute atomic E-state index is 13.1. The van der Waals surface area contributed by atoms with E-state index in [0.717, 1.165) is 0 Å². The van der Waals surface area contributed by atoms with Crippen LogP contribution in [0.3, 0.4) is 0 Å². The lowest BCUT2D eigenvalue weighted by molar-refractivity contribution is 0.625. The minimum absolute atomic E-state index is 0.0120. The Bertz CT molecular complexity index is 317. The summed E-state index contributed by atoms with van der Waals surface area (Å²) in [7, 11) is 0. The highest BCUT2D eigenvalue weighted by Crippen LogP contribution is 2.27. The van der Waals surface area contributed by atoms with Crippen LogP contribution >= 0.6 is 11.6 Å². The predicted molar refractivity (Wildman–Crippen MR) is 51.8 cm³/mol. The van der Waals surface area contributed by atoms with E-state index < -0.39 is 11.9 Å². The first kappa shape index (κ1) is 10.2. The zero-order chi connectivity index (χ0) is 10.0. The van der Waals surface area contributed by atoms with Crippen LogP contribution in [0.2, 0.25) is 5.02 Å². The second-order valence-electron chi connectivity index (χ2n) is 2.71. The molecule has 0 bridgehead atoms. The molecule has 0 radical (unpaired) electrons. The first-order chi connectivity index (χ1) is 6.07. The Morgan fingerprint density at radius 3 is 2.62 bits per heavy atom. The van der Waals surface area contributed by atoms with Gasteiger partial charge in [0.1, 0.15) is 0 Å². The predicted octanol–water partition coefficient (Wildman–Crippen LogP) is 1.02. The zero-order valence-electron chi connectivity index (χ0n) is 6.93. The molecule has 0 aliphatic heterocycles. The molecule has 6 N–H and O–H groups in total. The lowest BCUT2D eigenvalue weighted by Crippen LogP contribution is -2.21. The van der Waals surface area contributed by atoms with Crippen molar-refractivity contribution >= 4 is 17.3 Å². The maximum atomic E-state index is 13.1. The Hall–Kier alpha value is -0.840. The Morgan fingerprint density at radius 1 is 1.46 bits per heavy atom. The minimum Gasteiger partial charge on any atom is -0.396 e. The van der Waals surface area contributed by atoms with E-state index in [1.165, 1.54) is 6.07 Å². The monoisotopic (exact) mass is 203 g/mol. The molecule has 1 rings (SSSR count). The minimum atomic E-state index is -0.636. The van der Waals surface area contributed by atoms with E-state index in [-0.39, 0.29) is 17.3 Å². The van der Waals surface area contributed by atoms with Crippen molar-refractivity contribution in [2.24, 2.45) is 11.5 Å². The van der Waals surface area contributed by atoms with Crippen molar-refractivity contribution in [1.82, 2.24) is 0 Å². The Morgan fingerprint density at radius 2 is 2.08 bits per heavy atom. The van der Waals surface area contributed by atoms with Gasteiger partial charge in [0.25, 0.3) is 0 Å². The average Bonchev–Trinajstić information content (AvgIpc) is 2.13. The topological polar surface area (TPSA) is 78.1 Å². The highest BCUT2D eigenvalue weighted by atomic mass is 35.5. The van der Waals surface area contributed by atoms with Gasteiger partial charge in [-0.15, -0.1) is 0 Å². The van der Waals surface area contributed by atoms with Gasteiger partial charge in [-0.2, -0.15) is 0 Å². The summed E-state index contributed by atoms with van der Waals surface area (Å²) in [5.74, 6) is -0.636. The first-order valence-electron chi connectivity index (χ1n) is 3.77. The second kappa shape index (κ2) is 3.91. The summed E-state index contributed by atoms with van der Waals surface area (Å²) in [6, 6.07) is 2.55. The van der Waals surface area contributed by atoms with Gasteiger partial charge in [0.05, 0.1) is 10.7 Å². The fourth-order valence-electron chi connectivity index (χ4n) is 0.993. The van der Waals surface area contributed by atoms with Gasteiger partial charge in [0, 0.05) is 12.6 Å². The van der Waals surface area contributed by atoms with Crippen LogP contribution in [0, 0.1) is 5.82 Å². The van der Waals surface area contributed by atoms with Crippen LogP contribution in [0.4, 0.5) is 10.1 Å². The van der Waals surface area contributed by atoms with Crippen LogP contribution in [0.15, 0.2) is 12.1 Å². The van der Waals surface area contributed by atoms with Crippen LogP contribution in [0.5, 0.6) is 0 Å². The molecule has 13 heavy (non-hydrogen) atoms. The van der Waals surface area contributed by atoms with Gasteiger partial charge in [-0.25, -0.2) is 4.39 Å². The summed E-state index contributed by atoms with van der Waals surface area (Å²) in [6.45, 7) is 0.211. The van der Waals surface area contributed by atoms with Crippen LogP contribution in [0.25, 0.3) is 0 Å². The normalized spacial score (nSPS) is 12.9. The number of halogens is 2. The quantitative estimate of drug-likeness (QED) is 0.628. The van der Waals surface area contributed by atoms with E-state index in [2.05, 4.69) is 0 Å². The second-order valence-corrected chi connectivity index (χ2v) is 3.09. The van der Waals surface area contributed by atoms with E-state index in [9.17, 15) is 4.39 Å². The molecule has 1 aromatic rings. The lowest BCUT2D eigenvalue weighted by atomic mass is 10.1. The smallest absolute Gasteiger partial charge is 0.164 e. The molecule has 0 unspecified atom stereocenters. The highest BCUT2D eigenvalue weighted by Gasteiger charge is 2.13. The lowest BCUT2D eigenvalue weighted by Gasteiger charge is -2.12. The SMILES string of the molecule is NC[C@@H](N)c1ccc(N)c(F)c1Cl. The molecule has 0 spiro atoms. The van der Waals surface area contributed by atoms with E-state index in [0.29, 0.717) is 5.56 Å². The molecule has 72 valence electrons. The zero-order valence-corrected chi connectivity index (χ0v) is 7.68. The first-order valence-corrected chi connectivity index (χ1v) is 4.14.